The highest BCUT2D eigenvalue weighted by Crippen LogP contribution is 2.33. The molecule has 1 aromatic heterocycles. The summed E-state index contributed by atoms with van der Waals surface area (Å²) >= 11 is 0. The quantitative estimate of drug-likeness (QED) is 0.478. The molecule has 3 aromatic rings. The first-order valence-electron chi connectivity index (χ1n) is 7.98. The number of nitrogens with zero attached hydrogens (tertiary/aromatic N) is 3. The van der Waals surface area contributed by atoms with Crippen LogP contribution < -0.4 is 10.5 Å². The third kappa shape index (κ3) is 3.85. The van der Waals surface area contributed by atoms with Crippen molar-refractivity contribution >= 4 is 21.4 Å². The van der Waals surface area contributed by atoms with Gasteiger partial charge >= 0.3 is 0 Å². The van der Waals surface area contributed by atoms with Crippen molar-refractivity contribution in [2.45, 2.75) is 10.9 Å². The van der Waals surface area contributed by atoms with Crippen molar-refractivity contribution in [3.63, 3.8) is 0 Å². The molecule has 0 saturated heterocycles. The van der Waals surface area contributed by atoms with Crippen LogP contribution in [-0.4, -0.2) is 22.9 Å². The van der Waals surface area contributed by atoms with Gasteiger partial charge in [-0.3, -0.25) is 10.1 Å². The molecule has 9 nitrogen and oxygen atoms in total. The Bertz CT molecular complexity index is 1150. The highest BCUT2D eigenvalue weighted by molar-refractivity contribution is 7.89. The van der Waals surface area contributed by atoms with E-state index in [-0.39, 0.29) is 11.3 Å². The van der Waals surface area contributed by atoms with Gasteiger partial charge in [-0.25, -0.2) is 22.9 Å². The standard InChI is InChI=1S/C17H16FN5O4S/c1-22-9-8-20-17(22)16(12-4-2-3-5-13(12)18)21-14-7-6-11(28(19,26)27)10-15(14)23(24)25/h2-10,16,21H,1H3,(H2,19,26,27). The van der Waals surface area contributed by atoms with Crippen molar-refractivity contribution in [1.29, 1.82) is 0 Å². The average Bonchev–Trinajstić information content (AvgIpc) is 3.05. The zero-order chi connectivity index (χ0) is 20.5. The van der Waals surface area contributed by atoms with Crippen LogP contribution in [0.1, 0.15) is 17.4 Å². The van der Waals surface area contributed by atoms with Crippen LogP contribution in [-0.2, 0) is 17.1 Å². The van der Waals surface area contributed by atoms with E-state index < -0.39 is 37.4 Å². The Morgan fingerprint density at radius 3 is 2.57 bits per heavy atom. The Labute approximate surface area is 159 Å². The minimum Gasteiger partial charge on any atom is -0.366 e. The van der Waals surface area contributed by atoms with Crippen LogP contribution >= 0.6 is 0 Å². The van der Waals surface area contributed by atoms with Gasteiger partial charge in [0.1, 0.15) is 23.4 Å². The van der Waals surface area contributed by atoms with Crippen molar-refractivity contribution in [3.05, 3.63) is 82.2 Å². The fourth-order valence-corrected chi connectivity index (χ4v) is 3.30. The molecule has 0 spiro atoms. The normalized spacial score (nSPS) is 12.5. The lowest BCUT2D eigenvalue weighted by Crippen LogP contribution is -2.19. The van der Waals surface area contributed by atoms with Crippen LogP contribution in [0.5, 0.6) is 0 Å². The van der Waals surface area contributed by atoms with E-state index in [1.54, 1.807) is 23.9 Å². The number of nitro groups is 1. The number of imidazole rings is 1. The van der Waals surface area contributed by atoms with Crippen molar-refractivity contribution in [2.24, 2.45) is 12.2 Å². The maximum atomic E-state index is 14.4. The molecule has 2 aromatic carbocycles. The van der Waals surface area contributed by atoms with E-state index in [0.717, 1.165) is 12.1 Å². The first-order valence-corrected chi connectivity index (χ1v) is 9.52. The number of primary sulfonamides is 1. The number of hydrogen-bond donors (Lipinski definition) is 2. The van der Waals surface area contributed by atoms with E-state index >= 15 is 0 Å². The number of hydrogen-bond acceptors (Lipinski definition) is 6. The van der Waals surface area contributed by atoms with Gasteiger partial charge in [-0.05, 0) is 18.2 Å². The van der Waals surface area contributed by atoms with Gasteiger partial charge in [-0.1, -0.05) is 18.2 Å². The van der Waals surface area contributed by atoms with Crippen molar-refractivity contribution in [3.8, 4) is 0 Å². The number of aromatic nitrogens is 2. The van der Waals surface area contributed by atoms with Gasteiger partial charge in [-0.15, -0.1) is 0 Å². The van der Waals surface area contributed by atoms with Gasteiger partial charge in [0.15, 0.2) is 0 Å². The van der Waals surface area contributed by atoms with E-state index in [1.807, 2.05) is 0 Å². The smallest absolute Gasteiger partial charge is 0.293 e. The van der Waals surface area contributed by atoms with Crippen LogP contribution in [0.3, 0.4) is 0 Å². The lowest BCUT2D eigenvalue weighted by Gasteiger charge is -2.21. The minimum absolute atomic E-state index is 0.00588. The van der Waals surface area contributed by atoms with E-state index in [2.05, 4.69) is 10.3 Å². The first-order chi connectivity index (χ1) is 13.2. The molecule has 3 rings (SSSR count). The summed E-state index contributed by atoms with van der Waals surface area (Å²) in [5, 5.41) is 19.4. The van der Waals surface area contributed by atoms with Gasteiger partial charge < -0.3 is 9.88 Å². The fraction of sp³-hybridized carbons (Fsp3) is 0.118. The number of benzene rings is 2. The first kappa shape index (κ1) is 19.5. The minimum atomic E-state index is -4.12. The molecule has 1 unspecified atom stereocenters. The molecule has 1 atom stereocenters. The van der Waals surface area contributed by atoms with E-state index in [0.29, 0.717) is 5.82 Å². The van der Waals surface area contributed by atoms with Gasteiger partial charge in [0.05, 0.1) is 9.82 Å². The van der Waals surface area contributed by atoms with E-state index in [4.69, 9.17) is 5.14 Å². The van der Waals surface area contributed by atoms with Crippen LogP contribution in [0.4, 0.5) is 15.8 Å². The number of rotatable bonds is 6. The van der Waals surface area contributed by atoms with Gasteiger partial charge in [0.25, 0.3) is 5.69 Å². The molecule has 0 saturated carbocycles. The summed E-state index contributed by atoms with van der Waals surface area (Å²) < 4.78 is 39.1. The SMILES string of the molecule is Cn1ccnc1C(Nc1ccc(S(N)(=O)=O)cc1[N+](=O)[O-])c1ccccc1F. The maximum absolute atomic E-state index is 14.4. The number of halogens is 1. The van der Waals surface area contributed by atoms with Crippen molar-refractivity contribution < 1.29 is 17.7 Å². The molecule has 3 N–H and O–H groups in total. The number of sulfonamides is 1. The zero-order valence-corrected chi connectivity index (χ0v) is 15.4. The summed E-state index contributed by atoms with van der Waals surface area (Å²) in [4.78, 5) is 14.5. The monoisotopic (exact) mass is 405 g/mol. The highest BCUT2D eigenvalue weighted by atomic mass is 32.2. The molecule has 1 heterocycles. The maximum Gasteiger partial charge on any atom is 0.293 e. The number of nitrogens with two attached hydrogens (primary N) is 1. The van der Waals surface area contributed by atoms with Crippen molar-refractivity contribution in [2.75, 3.05) is 5.32 Å². The molecular formula is C17H16FN5O4S. The summed E-state index contributed by atoms with van der Waals surface area (Å²) in [5.41, 5.74) is -0.294. The molecular weight excluding hydrogens is 389 g/mol. The summed E-state index contributed by atoms with van der Waals surface area (Å²) in [6.45, 7) is 0. The van der Waals surface area contributed by atoms with E-state index in [9.17, 15) is 22.9 Å². The molecule has 0 aliphatic rings. The van der Waals surface area contributed by atoms with Gasteiger partial charge in [0.2, 0.25) is 10.0 Å². The Morgan fingerprint density at radius 1 is 1.29 bits per heavy atom. The van der Waals surface area contributed by atoms with E-state index in [1.165, 1.54) is 30.5 Å². The van der Waals surface area contributed by atoms with Gasteiger partial charge in [0, 0.05) is 31.1 Å². The predicted octanol–water partition coefficient (Wildman–Crippen LogP) is 2.32. The Balaban J connectivity index is 2.13. The lowest BCUT2D eigenvalue weighted by molar-refractivity contribution is -0.384. The molecule has 0 amide bonds. The Kier molecular flexibility index (Phi) is 5.12. The third-order valence-electron chi connectivity index (χ3n) is 4.13. The van der Waals surface area contributed by atoms with Crippen LogP contribution in [0, 0.1) is 15.9 Å². The summed E-state index contributed by atoms with van der Waals surface area (Å²) in [6.07, 6.45) is 3.17. The molecule has 0 bridgehead atoms. The molecule has 0 radical (unpaired) electrons. The molecule has 0 aliphatic carbocycles. The fourth-order valence-electron chi connectivity index (χ4n) is 2.76. The van der Waals surface area contributed by atoms with Gasteiger partial charge in [-0.2, -0.15) is 0 Å². The number of nitro benzene ring substituents is 1. The largest absolute Gasteiger partial charge is 0.366 e. The molecule has 146 valence electrons. The topological polar surface area (TPSA) is 133 Å². The second-order valence-corrected chi connectivity index (χ2v) is 7.54. The second-order valence-electron chi connectivity index (χ2n) is 5.98. The predicted molar refractivity (Wildman–Crippen MR) is 99.5 cm³/mol. The number of nitrogens with one attached hydrogen (secondary N) is 1. The Hall–Kier alpha value is -3.31. The van der Waals surface area contributed by atoms with Crippen LogP contribution in [0.25, 0.3) is 0 Å². The third-order valence-corrected chi connectivity index (χ3v) is 5.04. The lowest BCUT2D eigenvalue weighted by atomic mass is 10.0. The van der Waals surface area contributed by atoms with Crippen LogP contribution in [0.2, 0.25) is 0 Å². The Morgan fingerprint density at radius 2 is 2.00 bits per heavy atom. The zero-order valence-electron chi connectivity index (χ0n) is 14.6. The summed E-state index contributed by atoms with van der Waals surface area (Å²) in [5.74, 6) is -0.110. The summed E-state index contributed by atoms with van der Waals surface area (Å²) in [7, 11) is -2.42. The average molecular weight is 405 g/mol. The molecule has 0 aliphatic heterocycles. The summed E-state index contributed by atoms with van der Waals surface area (Å²) in [6, 6.07) is 8.31. The molecule has 28 heavy (non-hydrogen) atoms. The van der Waals surface area contributed by atoms with Crippen LogP contribution in [0.15, 0.2) is 59.8 Å². The number of aryl methyl sites for hydroxylation is 1. The second kappa shape index (κ2) is 7.37. The molecule has 11 heteroatoms. The van der Waals surface area contributed by atoms with Crippen molar-refractivity contribution in [1.82, 2.24) is 9.55 Å². The molecule has 0 fully saturated rings. The highest BCUT2D eigenvalue weighted by Gasteiger charge is 2.26. The number of anilines is 1.